The van der Waals surface area contributed by atoms with E-state index in [0.717, 1.165) is 19.3 Å². The van der Waals surface area contributed by atoms with Crippen LogP contribution in [0.3, 0.4) is 0 Å². The number of hydrogen-bond donors (Lipinski definition) is 0. The summed E-state index contributed by atoms with van der Waals surface area (Å²) in [7, 11) is -1.58. The second-order valence-electron chi connectivity index (χ2n) is 4.98. The first-order valence-corrected chi connectivity index (χ1v) is 8.90. The SMILES string of the molecule is C[Si](C)(C1=CC(=O)CCC1)c1ccccc1. The number of carbonyl (C=O) groups is 1. The van der Waals surface area contributed by atoms with Gasteiger partial charge in [0.2, 0.25) is 0 Å². The molecule has 1 aromatic rings. The number of allylic oxidation sites excluding steroid dienone is 2. The quantitative estimate of drug-likeness (QED) is 0.714. The minimum Gasteiger partial charge on any atom is -0.295 e. The molecular formula is C14H18OSi. The molecule has 1 nitrogen and oxygen atoms in total. The van der Waals surface area contributed by atoms with Crippen LogP contribution in [0.25, 0.3) is 0 Å². The summed E-state index contributed by atoms with van der Waals surface area (Å²) in [5.41, 5.74) is 0. The summed E-state index contributed by atoms with van der Waals surface area (Å²) in [6, 6.07) is 10.6. The van der Waals surface area contributed by atoms with Crippen LogP contribution < -0.4 is 5.19 Å². The molecule has 0 bridgehead atoms. The summed E-state index contributed by atoms with van der Waals surface area (Å²) in [6.07, 6.45) is 4.80. The smallest absolute Gasteiger partial charge is 0.155 e. The molecule has 1 aliphatic rings. The van der Waals surface area contributed by atoms with Gasteiger partial charge in [-0.05, 0) is 18.9 Å². The van der Waals surface area contributed by atoms with Gasteiger partial charge in [0.1, 0.15) is 8.07 Å². The normalized spacial score (nSPS) is 17.1. The minimum atomic E-state index is -1.58. The Labute approximate surface area is 98.2 Å². The van der Waals surface area contributed by atoms with Crippen molar-refractivity contribution in [3.8, 4) is 0 Å². The van der Waals surface area contributed by atoms with Gasteiger partial charge >= 0.3 is 0 Å². The van der Waals surface area contributed by atoms with E-state index in [1.54, 1.807) is 0 Å². The van der Waals surface area contributed by atoms with Crippen LogP contribution >= 0.6 is 0 Å². The number of benzene rings is 1. The van der Waals surface area contributed by atoms with E-state index in [2.05, 4.69) is 37.4 Å². The standard InChI is InChI=1S/C14H18OSi/c1-16(2,13-8-4-3-5-9-13)14-10-6-7-12(15)11-14/h3-5,8-9,11H,6-7,10H2,1-2H3. The average molecular weight is 230 g/mol. The van der Waals surface area contributed by atoms with Crippen molar-refractivity contribution in [2.75, 3.05) is 0 Å². The van der Waals surface area contributed by atoms with Crippen LogP contribution in [0.1, 0.15) is 19.3 Å². The maximum Gasteiger partial charge on any atom is 0.155 e. The molecule has 0 atom stereocenters. The van der Waals surface area contributed by atoms with E-state index >= 15 is 0 Å². The third-order valence-electron chi connectivity index (χ3n) is 3.50. The molecule has 0 spiro atoms. The van der Waals surface area contributed by atoms with Crippen LogP contribution in [-0.4, -0.2) is 13.9 Å². The molecule has 0 saturated carbocycles. The van der Waals surface area contributed by atoms with Crippen molar-refractivity contribution in [3.05, 3.63) is 41.6 Å². The second kappa shape index (κ2) is 4.38. The van der Waals surface area contributed by atoms with Crippen molar-refractivity contribution >= 4 is 19.0 Å². The predicted molar refractivity (Wildman–Crippen MR) is 70.5 cm³/mol. The van der Waals surface area contributed by atoms with Crippen LogP contribution in [0.15, 0.2) is 41.6 Å². The van der Waals surface area contributed by atoms with E-state index in [0.29, 0.717) is 5.78 Å². The highest BCUT2D eigenvalue weighted by Crippen LogP contribution is 2.24. The monoisotopic (exact) mass is 230 g/mol. The average Bonchev–Trinajstić information content (AvgIpc) is 2.30. The lowest BCUT2D eigenvalue weighted by Gasteiger charge is -2.28. The highest BCUT2D eigenvalue weighted by Gasteiger charge is 2.29. The summed E-state index contributed by atoms with van der Waals surface area (Å²) in [5, 5.41) is 2.84. The predicted octanol–water partition coefficient (Wildman–Crippen LogP) is 2.82. The Bertz CT molecular complexity index is 418. The highest BCUT2D eigenvalue weighted by molar-refractivity contribution is 6.95. The van der Waals surface area contributed by atoms with Crippen LogP contribution in [0.5, 0.6) is 0 Å². The van der Waals surface area contributed by atoms with Crippen molar-refractivity contribution in [2.45, 2.75) is 32.4 Å². The Morgan fingerprint density at radius 1 is 1.06 bits per heavy atom. The third-order valence-corrected chi connectivity index (χ3v) is 7.28. The summed E-state index contributed by atoms with van der Waals surface area (Å²) >= 11 is 0. The van der Waals surface area contributed by atoms with Crippen molar-refractivity contribution < 1.29 is 4.79 Å². The van der Waals surface area contributed by atoms with Crippen LogP contribution in [-0.2, 0) is 4.79 Å². The van der Waals surface area contributed by atoms with Crippen molar-refractivity contribution in [3.63, 3.8) is 0 Å². The van der Waals surface area contributed by atoms with E-state index in [4.69, 9.17) is 0 Å². The summed E-state index contributed by atoms with van der Waals surface area (Å²) in [6.45, 7) is 4.68. The molecule has 0 radical (unpaired) electrons. The third kappa shape index (κ3) is 2.17. The molecule has 2 rings (SSSR count). The fraction of sp³-hybridized carbons (Fsp3) is 0.357. The fourth-order valence-electron chi connectivity index (χ4n) is 2.32. The molecule has 2 heteroatoms. The van der Waals surface area contributed by atoms with Gasteiger partial charge in [-0.15, -0.1) is 0 Å². The van der Waals surface area contributed by atoms with E-state index in [-0.39, 0.29) is 0 Å². The molecule has 0 saturated heterocycles. The Morgan fingerprint density at radius 2 is 1.75 bits per heavy atom. The number of carbonyl (C=O) groups excluding carboxylic acids is 1. The van der Waals surface area contributed by atoms with E-state index in [9.17, 15) is 4.79 Å². The van der Waals surface area contributed by atoms with Crippen LogP contribution in [0.2, 0.25) is 13.1 Å². The maximum atomic E-state index is 11.5. The Kier molecular flexibility index (Phi) is 3.10. The first kappa shape index (κ1) is 11.3. The van der Waals surface area contributed by atoms with Gasteiger partial charge in [-0.2, -0.15) is 0 Å². The molecule has 1 aliphatic carbocycles. The van der Waals surface area contributed by atoms with Gasteiger partial charge in [0, 0.05) is 6.42 Å². The van der Waals surface area contributed by atoms with Crippen LogP contribution in [0, 0.1) is 0 Å². The zero-order valence-corrected chi connectivity index (χ0v) is 11.0. The Hall–Kier alpha value is -1.15. The van der Waals surface area contributed by atoms with Crippen molar-refractivity contribution in [2.24, 2.45) is 0 Å². The lowest BCUT2D eigenvalue weighted by molar-refractivity contribution is -0.115. The Balaban J connectivity index is 2.35. The molecular weight excluding hydrogens is 212 g/mol. The topological polar surface area (TPSA) is 17.1 Å². The van der Waals surface area contributed by atoms with E-state index < -0.39 is 8.07 Å². The lowest BCUT2D eigenvalue weighted by Crippen LogP contribution is -2.44. The molecule has 16 heavy (non-hydrogen) atoms. The van der Waals surface area contributed by atoms with Crippen LogP contribution in [0.4, 0.5) is 0 Å². The molecule has 0 heterocycles. The first-order chi connectivity index (χ1) is 7.60. The van der Waals surface area contributed by atoms with Crippen molar-refractivity contribution in [1.29, 1.82) is 0 Å². The summed E-state index contributed by atoms with van der Waals surface area (Å²) < 4.78 is 0. The molecule has 0 aromatic heterocycles. The first-order valence-electron chi connectivity index (χ1n) is 5.90. The zero-order valence-electron chi connectivity index (χ0n) is 9.99. The summed E-state index contributed by atoms with van der Waals surface area (Å²) in [4.78, 5) is 11.5. The highest BCUT2D eigenvalue weighted by atomic mass is 28.3. The van der Waals surface area contributed by atoms with E-state index in [1.165, 1.54) is 10.4 Å². The Morgan fingerprint density at radius 3 is 2.38 bits per heavy atom. The van der Waals surface area contributed by atoms with Gasteiger partial charge in [0.25, 0.3) is 0 Å². The molecule has 0 amide bonds. The number of rotatable bonds is 2. The van der Waals surface area contributed by atoms with Gasteiger partial charge in [0.05, 0.1) is 0 Å². The van der Waals surface area contributed by atoms with Gasteiger partial charge in [-0.3, -0.25) is 4.79 Å². The molecule has 0 N–H and O–H groups in total. The largest absolute Gasteiger partial charge is 0.295 e. The van der Waals surface area contributed by atoms with Gasteiger partial charge < -0.3 is 0 Å². The minimum absolute atomic E-state index is 0.317. The second-order valence-corrected chi connectivity index (χ2v) is 9.45. The van der Waals surface area contributed by atoms with Gasteiger partial charge in [0.15, 0.2) is 5.78 Å². The molecule has 0 aliphatic heterocycles. The molecule has 1 aromatic carbocycles. The lowest BCUT2D eigenvalue weighted by atomic mass is 10.1. The van der Waals surface area contributed by atoms with Crippen molar-refractivity contribution in [1.82, 2.24) is 0 Å². The summed E-state index contributed by atoms with van der Waals surface area (Å²) in [5.74, 6) is 0.317. The van der Waals surface area contributed by atoms with Gasteiger partial charge in [-0.1, -0.05) is 53.8 Å². The number of hydrogen-bond acceptors (Lipinski definition) is 1. The van der Waals surface area contributed by atoms with E-state index in [1.807, 2.05) is 12.1 Å². The molecule has 0 fully saturated rings. The number of ketones is 1. The maximum absolute atomic E-state index is 11.5. The molecule has 0 unspecified atom stereocenters. The fourth-order valence-corrected chi connectivity index (χ4v) is 5.05. The van der Waals surface area contributed by atoms with Gasteiger partial charge in [-0.25, -0.2) is 0 Å². The zero-order chi connectivity index (χ0) is 11.6. The molecule has 84 valence electrons.